The lowest BCUT2D eigenvalue weighted by atomic mass is 10.0. The zero-order chi connectivity index (χ0) is 12.7. The van der Waals surface area contributed by atoms with Crippen LogP contribution in [-0.4, -0.2) is 48.6 Å². The van der Waals surface area contributed by atoms with Gasteiger partial charge in [0, 0.05) is 17.8 Å². The maximum atomic E-state index is 3.70. The molecule has 2 atom stereocenters. The van der Waals surface area contributed by atoms with Crippen LogP contribution >= 0.6 is 11.8 Å². The van der Waals surface area contributed by atoms with Crippen LogP contribution in [0.3, 0.4) is 0 Å². The van der Waals surface area contributed by atoms with Crippen LogP contribution in [-0.2, 0) is 0 Å². The highest BCUT2D eigenvalue weighted by molar-refractivity contribution is 7.99. The van der Waals surface area contributed by atoms with Gasteiger partial charge in [-0.1, -0.05) is 20.8 Å². The molecule has 17 heavy (non-hydrogen) atoms. The van der Waals surface area contributed by atoms with E-state index in [4.69, 9.17) is 0 Å². The highest BCUT2D eigenvalue weighted by Gasteiger charge is 2.18. The molecule has 3 heteroatoms. The summed E-state index contributed by atoms with van der Waals surface area (Å²) in [4.78, 5) is 2.67. The molecule has 0 saturated carbocycles. The smallest absolute Gasteiger partial charge is 0.0197 e. The molecular formula is C14H30N2S. The van der Waals surface area contributed by atoms with Crippen molar-refractivity contribution >= 4 is 11.8 Å². The summed E-state index contributed by atoms with van der Waals surface area (Å²) in [6.07, 6.45) is 6.17. The molecule has 1 fully saturated rings. The lowest BCUT2D eigenvalue weighted by Crippen LogP contribution is -2.39. The quantitative estimate of drug-likeness (QED) is 0.789. The molecule has 1 aliphatic heterocycles. The second-order valence-corrected chi connectivity index (χ2v) is 7.05. The van der Waals surface area contributed by atoms with Crippen LogP contribution in [0.2, 0.25) is 0 Å². The molecule has 0 aromatic heterocycles. The second-order valence-electron chi connectivity index (χ2n) is 5.77. The van der Waals surface area contributed by atoms with Gasteiger partial charge in [-0.15, -0.1) is 0 Å². The Morgan fingerprint density at radius 2 is 2.12 bits per heavy atom. The van der Waals surface area contributed by atoms with Crippen molar-refractivity contribution in [1.29, 1.82) is 0 Å². The largest absolute Gasteiger partial charge is 0.313 e. The monoisotopic (exact) mass is 258 g/mol. The summed E-state index contributed by atoms with van der Waals surface area (Å²) in [6.45, 7) is 12.0. The Balaban J connectivity index is 2.32. The van der Waals surface area contributed by atoms with Crippen LogP contribution in [0.1, 0.15) is 40.0 Å². The number of thioether (sulfide) groups is 1. The van der Waals surface area contributed by atoms with Crippen molar-refractivity contribution < 1.29 is 0 Å². The lowest BCUT2D eigenvalue weighted by molar-refractivity contribution is 0.253. The SMILES string of the molecule is CSC(C)CCN1CCCNC(CC(C)C)C1. The van der Waals surface area contributed by atoms with Gasteiger partial charge in [-0.25, -0.2) is 0 Å². The Kier molecular flexibility index (Phi) is 7.56. The van der Waals surface area contributed by atoms with E-state index in [-0.39, 0.29) is 0 Å². The molecule has 0 bridgehead atoms. The lowest BCUT2D eigenvalue weighted by Gasteiger charge is -2.26. The van der Waals surface area contributed by atoms with E-state index >= 15 is 0 Å². The summed E-state index contributed by atoms with van der Waals surface area (Å²) in [5.74, 6) is 0.803. The van der Waals surface area contributed by atoms with E-state index in [2.05, 4.69) is 37.2 Å². The summed E-state index contributed by atoms with van der Waals surface area (Å²) < 4.78 is 0. The van der Waals surface area contributed by atoms with Crippen molar-refractivity contribution in [2.24, 2.45) is 5.92 Å². The number of rotatable bonds is 6. The normalized spacial score (nSPS) is 24.9. The first-order valence-electron chi connectivity index (χ1n) is 7.10. The number of hydrogen-bond acceptors (Lipinski definition) is 3. The van der Waals surface area contributed by atoms with Gasteiger partial charge in [-0.3, -0.25) is 0 Å². The first kappa shape index (κ1) is 15.3. The molecule has 2 unspecified atom stereocenters. The van der Waals surface area contributed by atoms with Gasteiger partial charge >= 0.3 is 0 Å². The van der Waals surface area contributed by atoms with Crippen LogP contribution < -0.4 is 5.32 Å². The fourth-order valence-electron chi connectivity index (χ4n) is 2.49. The van der Waals surface area contributed by atoms with Crippen LogP contribution in [0.25, 0.3) is 0 Å². The van der Waals surface area contributed by atoms with Crippen LogP contribution in [0.4, 0.5) is 0 Å². The van der Waals surface area contributed by atoms with Gasteiger partial charge in [0.2, 0.25) is 0 Å². The summed E-state index contributed by atoms with van der Waals surface area (Å²) in [5.41, 5.74) is 0. The molecule has 1 heterocycles. The summed E-state index contributed by atoms with van der Waals surface area (Å²) >= 11 is 1.99. The third-order valence-corrected chi connectivity index (χ3v) is 4.61. The first-order valence-corrected chi connectivity index (χ1v) is 8.39. The number of nitrogens with one attached hydrogen (secondary N) is 1. The van der Waals surface area contributed by atoms with E-state index in [1.54, 1.807) is 0 Å². The average Bonchev–Trinajstić information content (AvgIpc) is 2.50. The van der Waals surface area contributed by atoms with E-state index in [0.29, 0.717) is 6.04 Å². The molecule has 0 spiro atoms. The molecule has 1 aliphatic rings. The van der Waals surface area contributed by atoms with Gasteiger partial charge in [-0.05, 0) is 51.1 Å². The summed E-state index contributed by atoms with van der Waals surface area (Å²) in [7, 11) is 0. The van der Waals surface area contributed by atoms with Gasteiger partial charge in [0.1, 0.15) is 0 Å². The maximum Gasteiger partial charge on any atom is 0.0197 e. The predicted octanol–water partition coefficient (Wildman–Crippen LogP) is 2.84. The zero-order valence-corrected chi connectivity index (χ0v) is 12.9. The molecule has 1 saturated heterocycles. The zero-order valence-electron chi connectivity index (χ0n) is 12.0. The van der Waals surface area contributed by atoms with Gasteiger partial charge in [0.25, 0.3) is 0 Å². The molecule has 102 valence electrons. The van der Waals surface area contributed by atoms with E-state index in [1.165, 1.54) is 45.4 Å². The molecule has 0 amide bonds. The fourth-order valence-corrected chi connectivity index (χ4v) is 2.83. The molecule has 0 aliphatic carbocycles. The molecule has 0 aromatic rings. The number of hydrogen-bond donors (Lipinski definition) is 1. The molecule has 1 N–H and O–H groups in total. The van der Waals surface area contributed by atoms with Gasteiger partial charge in [0.05, 0.1) is 0 Å². The summed E-state index contributed by atoms with van der Waals surface area (Å²) in [5, 5.41) is 4.50. The molecule has 1 rings (SSSR count). The van der Waals surface area contributed by atoms with E-state index in [1.807, 2.05) is 11.8 Å². The molecular weight excluding hydrogens is 228 g/mol. The van der Waals surface area contributed by atoms with Gasteiger partial charge in [-0.2, -0.15) is 11.8 Å². The minimum absolute atomic E-state index is 0.710. The topological polar surface area (TPSA) is 15.3 Å². The van der Waals surface area contributed by atoms with Crippen LogP contribution in [0, 0.1) is 5.92 Å². The van der Waals surface area contributed by atoms with Crippen LogP contribution in [0.5, 0.6) is 0 Å². The minimum Gasteiger partial charge on any atom is -0.313 e. The average molecular weight is 258 g/mol. The molecule has 2 nitrogen and oxygen atoms in total. The van der Waals surface area contributed by atoms with Crippen molar-refractivity contribution in [3.05, 3.63) is 0 Å². The van der Waals surface area contributed by atoms with Gasteiger partial charge < -0.3 is 10.2 Å². The summed E-state index contributed by atoms with van der Waals surface area (Å²) in [6, 6.07) is 0.710. The van der Waals surface area contributed by atoms with Gasteiger partial charge in [0.15, 0.2) is 0 Å². The highest BCUT2D eigenvalue weighted by Crippen LogP contribution is 2.13. The Bertz CT molecular complexity index is 197. The standard InChI is InChI=1S/C14H30N2S/c1-12(2)10-14-11-16(8-5-7-15-14)9-6-13(3)17-4/h12-15H,5-11H2,1-4H3. The Labute approximate surface area is 112 Å². The first-order chi connectivity index (χ1) is 8.11. The van der Waals surface area contributed by atoms with E-state index in [9.17, 15) is 0 Å². The Hall–Kier alpha value is 0.270. The molecule has 0 aromatic carbocycles. The van der Waals surface area contributed by atoms with E-state index in [0.717, 1.165) is 11.2 Å². The minimum atomic E-state index is 0.710. The van der Waals surface area contributed by atoms with Crippen molar-refractivity contribution in [1.82, 2.24) is 10.2 Å². The Morgan fingerprint density at radius 1 is 1.35 bits per heavy atom. The highest BCUT2D eigenvalue weighted by atomic mass is 32.2. The third-order valence-electron chi connectivity index (χ3n) is 3.57. The second kappa shape index (κ2) is 8.39. The van der Waals surface area contributed by atoms with Crippen molar-refractivity contribution in [3.8, 4) is 0 Å². The molecule has 0 radical (unpaired) electrons. The van der Waals surface area contributed by atoms with Crippen molar-refractivity contribution in [2.45, 2.75) is 51.3 Å². The Morgan fingerprint density at radius 3 is 2.76 bits per heavy atom. The maximum absolute atomic E-state index is 3.70. The van der Waals surface area contributed by atoms with Crippen LogP contribution in [0.15, 0.2) is 0 Å². The predicted molar refractivity (Wildman–Crippen MR) is 79.9 cm³/mol. The van der Waals surface area contributed by atoms with Crippen molar-refractivity contribution in [2.75, 3.05) is 32.4 Å². The third kappa shape index (κ3) is 6.68. The fraction of sp³-hybridized carbons (Fsp3) is 1.00. The van der Waals surface area contributed by atoms with Crippen molar-refractivity contribution in [3.63, 3.8) is 0 Å². The van der Waals surface area contributed by atoms with E-state index < -0.39 is 0 Å². The number of nitrogens with zero attached hydrogens (tertiary/aromatic N) is 1.